The standard InChI is InChI=1S/C17H14FNO2/c1-11-3-6-17(15(7-11)12(2)20)21-10-14-8-13(9-19)4-5-16(14)18/h3-8H,10H2,1-2H3. The number of hydrogen-bond donors (Lipinski definition) is 0. The number of ketones is 1. The molecule has 0 saturated carbocycles. The molecule has 0 atom stereocenters. The minimum absolute atomic E-state index is 0.0370. The first-order valence-electron chi connectivity index (χ1n) is 6.44. The summed E-state index contributed by atoms with van der Waals surface area (Å²) in [6, 6.07) is 11.3. The molecular weight excluding hydrogens is 269 g/mol. The third kappa shape index (κ3) is 3.46. The summed E-state index contributed by atoms with van der Waals surface area (Å²) in [7, 11) is 0. The highest BCUT2D eigenvalue weighted by molar-refractivity contribution is 5.97. The monoisotopic (exact) mass is 283 g/mol. The zero-order valence-electron chi connectivity index (χ0n) is 11.8. The summed E-state index contributed by atoms with van der Waals surface area (Å²) in [5.74, 6) is -0.139. The van der Waals surface area contributed by atoms with Gasteiger partial charge in [0.15, 0.2) is 5.78 Å². The number of aryl methyl sites for hydroxylation is 1. The molecule has 106 valence electrons. The first-order valence-corrected chi connectivity index (χ1v) is 6.44. The van der Waals surface area contributed by atoms with Gasteiger partial charge in [0.25, 0.3) is 0 Å². The molecule has 2 aromatic carbocycles. The van der Waals surface area contributed by atoms with Crippen LogP contribution in [0.25, 0.3) is 0 Å². The van der Waals surface area contributed by atoms with E-state index >= 15 is 0 Å². The third-order valence-electron chi connectivity index (χ3n) is 3.07. The molecule has 3 nitrogen and oxygen atoms in total. The molecule has 0 fully saturated rings. The highest BCUT2D eigenvalue weighted by atomic mass is 19.1. The van der Waals surface area contributed by atoms with E-state index in [0.29, 0.717) is 16.9 Å². The Kier molecular flexibility index (Phi) is 4.34. The molecule has 21 heavy (non-hydrogen) atoms. The highest BCUT2D eigenvalue weighted by Gasteiger charge is 2.10. The van der Waals surface area contributed by atoms with Gasteiger partial charge in [-0.05, 0) is 44.2 Å². The van der Waals surface area contributed by atoms with Gasteiger partial charge in [-0.2, -0.15) is 5.26 Å². The van der Waals surface area contributed by atoms with E-state index in [1.807, 2.05) is 19.1 Å². The van der Waals surface area contributed by atoms with E-state index in [2.05, 4.69) is 0 Å². The Bertz CT molecular complexity index is 732. The number of ether oxygens (including phenoxy) is 1. The Morgan fingerprint density at radius 2 is 2.05 bits per heavy atom. The van der Waals surface area contributed by atoms with Crippen molar-refractivity contribution in [3.63, 3.8) is 0 Å². The lowest BCUT2D eigenvalue weighted by Gasteiger charge is -2.11. The van der Waals surface area contributed by atoms with Crippen LogP contribution in [0.2, 0.25) is 0 Å². The van der Waals surface area contributed by atoms with Crippen LogP contribution in [0.15, 0.2) is 36.4 Å². The van der Waals surface area contributed by atoms with Crippen LogP contribution in [0.5, 0.6) is 5.75 Å². The summed E-state index contributed by atoms with van der Waals surface area (Å²) >= 11 is 0. The molecule has 0 heterocycles. The first-order chi connectivity index (χ1) is 10.0. The van der Waals surface area contributed by atoms with E-state index < -0.39 is 5.82 Å². The fourth-order valence-electron chi connectivity index (χ4n) is 1.96. The molecule has 2 aromatic rings. The molecule has 0 aromatic heterocycles. The first kappa shape index (κ1) is 14.7. The smallest absolute Gasteiger partial charge is 0.163 e. The van der Waals surface area contributed by atoms with Gasteiger partial charge in [0, 0.05) is 5.56 Å². The van der Waals surface area contributed by atoms with Crippen LogP contribution in [-0.4, -0.2) is 5.78 Å². The highest BCUT2D eigenvalue weighted by Crippen LogP contribution is 2.22. The summed E-state index contributed by atoms with van der Waals surface area (Å²) < 4.78 is 19.2. The van der Waals surface area contributed by atoms with Gasteiger partial charge in [-0.1, -0.05) is 11.6 Å². The molecule has 2 rings (SSSR count). The topological polar surface area (TPSA) is 50.1 Å². The van der Waals surface area contributed by atoms with E-state index in [4.69, 9.17) is 10.00 Å². The molecule has 0 saturated heterocycles. The quantitative estimate of drug-likeness (QED) is 0.802. The minimum Gasteiger partial charge on any atom is -0.488 e. The molecular formula is C17H14FNO2. The zero-order valence-corrected chi connectivity index (χ0v) is 11.8. The van der Waals surface area contributed by atoms with Crippen molar-refractivity contribution >= 4 is 5.78 Å². The zero-order chi connectivity index (χ0) is 15.4. The Labute approximate surface area is 122 Å². The molecule has 0 amide bonds. The number of nitrogens with zero attached hydrogens (tertiary/aromatic N) is 1. The summed E-state index contributed by atoms with van der Waals surface area (Å²) in [6.07, 6.45) is 0. The van der Waals surface area contributed by atoms with Crippen molar-refractivity contribution in [2.45, 2.75) is 20.5 Å². The Hall–Kier alpha value is -2.67. The van der Waals surface area contributed by atoms with Gasteiger partial charge in [0.2, 0.25) is 0 Å². The van der Waals surface area contributed by atoms with E-state index in [-0.39, 0.29) is 18.0 Å². The second kappa shape index (κ2) is 6.19. The van der Waals surface area contributed by atoms with Crippen molar-refractivity contribution in [3.05, 3.63) is 64.5 Å². The average molecular weight is 283 g/mol. The van der Waals surface area contributed by atoms with Crippen LogP contribution in [-0.2, 0) is 6.61 Å². The van der Waals surface area contributed by atoms with E-state index in [0.717, 1.165) is 5.56 Å². The van der Waals surface area contributed by atoms with Crippen molar-refractivity contribution in [1.82, 2.24) is 0 Å². The lowest BCUT2D eigenvalue weighted by atomic mass is 10.1. The molecule has 0 spiro atoms. The summed E-state index contributed by atoms with van der Waals surface area (Å²) in [4.78, 5) is 11.6. The van der Waals surface area contributed by atoms with E-state index in [1.54, 1.807) is 12.1 Å². The fourth-order valence-corrected chi connectivity index (χ4v) is 1.96. The second-order valence-corrected chi connectivity index (χ2v) is 4.76. The third-order valence-corrected chi connectivity index (χ3v) is 3.07. The number of benzene rings is 2. The van der Waals surface area contributed by atoms with Crippen LogP contribution in [0, 0.1) is 24.1 Å². The maximum Gasteiger partial charge on any atom is 0.163 e. The Morgan fingerprint density at radius 3 is 2.71 bits per heavy atom. The Balaban J connectivity index is 2.25. The number of nitriles is 1. The maximum absolute atomic E-state index is 13.7. The van der Waals surface area contributed by atoms with Crippen LogP contribution in [0.3, 0.4) is 0 Å². The SMILES string of the molecule is CC(=O)c1cc(C)ccc1OCc1cc(C#N)ccc1F. The molecule has 0 radical (unpaired) electrons. The fraction of sp³-hybridized carbons (Fsp3) is 0.176. The minimum atomic E-state index is -0.439. The predicted molar refractivity (Wildman–Crippen MR) is 76.6 cm³/mol. The van der Waals surface area contributed by atoms with Crippen LogP contribution in [0.4, 0.5) is 4.39 Å². The van der Waals surface area contributed by atoms with Crippen molar-refractivity contribution in [2.75, 3.05) is 0 Å². The van der Waals surface area contributed by atoms with Gasteiger partial charge in [0.05, 0.1) is 17.2 Å². The predicted octanol–water partition coefficient (Wildman–Crippen LogP) is 3.79. The normalized spacial score (nSPS) is 10.0. The number of carbonyl (C=O) groups excluding carboxylic acids is 1. The second-order valence-electron chi connectivity index (χ2n) is 4.76. The summed E-state index contributed by atoms with van der Waals surface area (Å²) in [5.41, 5.74) is 2.06. The molecule has 0 aliphatic carbocycles. The Morgan fingerprint density at radius 1 is 1.29 bits per heavy atom. The number of carbonyl (C=O) groups is 1. The number of hydrogen-bond acceptors (Lipinski definition) is 3. The number of rotatable bonds is 4. The lowest BCUT2D eigenvalue weighted by molar-refractivity contribution is 0.101. The molecule has 0 aliphatic heterocycles. The van der Waals surface area contributed by atoms with Crippen molar-refractivity contribution in [1.29, 1.82) is 5.26 Å². The van der Waals surface area contributed by atoms with Gasteiger partial charge >= 0.3 is 0 Å². The molecule has 0 aliphatic rings. The van der Waals surface area contributed by atoms with Gasteiger partial charge in [-0.3, -0.25) is 4.79 Å². The van der Waals surface area contributed by atoms with Crippen molar-refractivity contribution in [2.24, 2.45) is 0 Å². The van der Waals surface area contributed by atoms with Crippen LogP contribution < -0.4 is 4.74 Å². The lowest BCUT2D eigenvalue weighted by Crippen LogP contribution is -2.04. The van der Waals surface area contributed by atoms with Crippen LogP contribution in [0.1, 0.15) is 34.0 Å². The van der Waals surface area contributed by atoms with Gasteiger partial charge in [-0.15, -0.1) is 0 Å². The van der Waals surface area contributed by atoms with Crippen molar-refractivity contribution < 1.29 is 13.9 Å². The van der Waals surface area contributed by atoms with Gasteiger partial charge in [-0.25, -0.2) is 4.39 Å². The molecule has 4 heteroatoms. The molecule has 0 unspecified atom stereocenters. The van der Waals surface area contributed by atoms with Crippen molar-refractivity contribution in [3.8, 4) is 11.8 Å². The van der Waals surface area contributed by atoms with Gasteiger partial charge < -0.3 is 4.74 Å². The molecule has 0 bridgehead atoms. The molecule has 0 N–H and O–H groups in total. The maximum atomic E-state index is 13.7. The van der Waals surface area contributed by atoms with Gasteiger partial charge in [0.1, 0.15) is 18.2 Å². The summed E-state index contributed by atoms with van der Waals surface area (Å²) in [6.45, 7) is 3.30. The summed E-state index contributed by atoms with van der Waals surface area (Å²) in [5, 5.41) is 8.83. The number of halogens is 1. The van der Waals surface area contributed by atoms with Crippen LogP contribution >= 0.6 is 0 Å². The van der Waals surface area contributed by atoms with E-state index in [9.17, 15) is 9.18 Å². The average Bonchev–Trinajstić information content (AvgIpc) is 2.47. The number of Topliss-reactive ketones (excluding diaryl/α,β-unsaturated/α-hetero) is 1. The largest absolute Gasteiger partial charge is 0.488 e. The van der Waals surface area contributed by atoms with E-state index in [1.165, 1.54) is 25.1 Å².